The molecule has 0 amide bonds. The van der Waals surface area contributed by atoms with Gasteiger partial charge in [0.05, 0.1) is 0 Å². The van der Waals surface area contributed by atoms with Gasteiger partial charge in [-0.3, -0.25) is 0 Å². The standard InChI is InChI=1S/C27H27GeNO/c1-17(2)18-11-12-29-25(15-18)23-8-6-7-22-24-14-19-9-10-21(28(3,4)5)13-20(19)16-26(24)30-27(22)23/h6-17H,1-5H3. The fraction of sp³-hybridized carbons (Fsp3) is 0.222. The maximum absolute atomic E-state index is 6.45. The van der Waals surface area contributed by atoms with Crippen LogP contribution in [0.5, 0.6) is 0 Å². The van der Waals surface area contributed by atoms with Crippen LogP contribution in [0.25, 0.3) is 44.0 Å². The van der Waals surface area contributed by atoms with Crippen molar-refractivity contribution in [2.24, 2.45) is 0 Å². The van der Waals surface area contributed by atoms with Gasteiger partial charge in [-0.2, -0.15) is 0 Å². The summed E-state index contributed by atoms with van der Waals surface area (Å²) in [6, 6.07) is 22.1. The average molecular weight is 454 g/mol. The average Bonchev–Trinajstić information content (AvgIpc) is 3.08. The Labute approximate surface area is 180 Å². The van der Waals surface area contributed by atoms with E-state index >= 15 is 0 Å². The van der Waals surface area contributed by atoms with Crippen LogP contribution in [0, 0.1) is 0 Å². The number of nitrogens with zero attached hydrogens (tertiary/aromatic N) is 1. The van der Waals surface area contributed by atoms with E-state index in [-0.39, 0.29) is 0 Å². The normalized spacial score (nSPS) is 12.5. The Morgan fingerprint density at radius 2 is 1.67 bits per heavy atom. The molecule has 3 aromatic carbocycles. The van der Waals surface area contributed by atoms with Gasteiger partial charge in [0.1, 0.15) is 0 Å². The fourth-order valence-corrected chi connectivity index (χ4v) is 6.62. The number of furan rings is 1. The number of benzene rings is 3. The molecule has 5 rings (SSSR count). The molecule has 3 heteroatoms. The van der Waals surface area contributed by atoms with Gasteiger partial charge >= 0.3 is 167 Å². The number of pyridine rings is 1. The molecule has 2 nitrogen and oxygen atoms in total. The quantitative estimate of drug-likeness (QED) is 0.265. The monoisotopic (exact) mass is 455 g/mol. The third-order valence-electron chi connectivity index (χ3n) is 6.05. The van der Waals surface area contributed by atoms with Crippen molar-refractivity contribution in [3.8, 4) is 11.3 Å². The van der Waals surface area contributed by atoms with Crippen LogP contribution in [0.2, 0.25) is 17.3 Å². The van der Waals surface area contributed by atoms with E-state index in [1.165, 1.54) is 26.1 Å². The van der Waals surface area contributed by atoms with Crippen molar-refractivity contribution in [2.45, 2.75) is 37.0 Å². The Hall–Kier alpha value is -2.59. The van der Waals surface area contributed by atoms with Crippen LogP contribution in [0.1, 0.15) is 25.3 Å². The van der Waals surface area contributed by atoms with Gasteiger partial charge < -0.3 is 0 Å². The van der Waals surface area contributed by atoms with Crippen LogP contribution in [0.3, 0.4) is 0 Å². The van der Waals surface area contributed by atoms with Crippen molar-refractivity contribution in [1.82, 2.24) is 4.98 Å². The molecule has 0 fully saturated rings. The van der Waals surface area contributed by atoms with Crippen LogP contribution in [-0.2, 0) is 0 Å². The third kappa shape index (κ3) is 3.24. The number of hydrogen-bond acceptors (Lipinski definition) is 2. The second-order valence-corrected chi connectivity index (χ2v) is 20.2. The molecular weight excluding hydrogens is 427 g/mol. The number of aromatic nitrogens is 1. The zero-order valence-electron chi connectivity index (χ0n) is 18.3. The molecular formula is C27H27GeNO. The molecule has 0 bridgehead atoms. The molecule has 0 saturated carbocycles. The van der Waals surface area contributed by atoms with Gasteiger partial charge in [0.25, 0.3) is 0 Å². The first-order valence-electron chi connectivity index (χ1n) is 10.7. The van der Waals surface area contributed by atoms with Crippen molar-refractivity contribution < 1.29 is 4.42 Å². The van der Waals surface area contributed by atoms with Crippen molar-refractivity contribution >= 4 is 50.4 Å². The van der Waals surface area contributed by atoms with E-state index in [1.54, 1.807) is 0 Å². The fourth-order valence-electron chi connectivity index (χ4n) is 4.16. The zero-order chi connectivity index (χ0) is 21.0. The topological polar surface area (TPSA) is 26.0 Å². The number of hydrogen-bond donors (Lipinski definition) is 0. The van der Waals surface area contributed by atoms with Crippen molar-refractivity contribution in [1.29, 1.82) is 0 Å². The second kappa shape index (κ2) is 6.99. The van der Waals surface area contributed by atoms with E-state index in [0.717, 1.165) is 27.8 Å². The predicted octanol–water partition coefficient (Wildman–Crippen LogP) is 7.47. The van der Waals surface area contributed by atoms with Crippen molar-refractivity contribution in [2.75, 3.05) is 0 Å². The van der Waals surface area contributed by atoms with E-state index in [0.29, 0.717) is 5.92 Å². The number of fused-ring (bicyclic) bond motifs is 4. The summed E-state index contributed by atoms with van der Waals surface area (Å²) in [5.74, 6) is 7.77. The molecule has 0 aliphatic carbocycles. The molecule has 5 aromatic rings. The van der Waals surface area contributed by atoms with Gasteiger partial charge in [-0.15, -0.1) is 0 Å². The van der Waals surface area contributed by atoms with Gasteiger partial charge in [0.2, 0.25) is 0 Å². The molecule has 0 atom stereocenters. The molecule has 0 aliphatic heterocycles. The second-order valence-electron chi connectivity index (χ2n) is 9.57. The van der Waals surface area contributed by atoms with Gasteiger partial charge in [-0.1, -0.05) is 13.8 Å². The Kier molecular flexibility index (Phi) is 4.51. The molecule has 2 heterocycles. The molecule has 30 heavy (non-hydrogen) atoms. The summed E-state index contributed by atoms with van der Waals surface area (Å²) in [5.41, 5.74) is 5.19. The van der Waals surface area contributed by atoms with Gasteiger partial charge in [-0.25, -0.2) is 0 Å². The first-order valence-corrected chi connectivity index (χ1v) is 18.0. The predicted molar refractivity (Wildman–Crippen MR) is 132 cm³/mol. The number of para-hydroxylation sites is 1. The maximum atomic E-state index is 6.45. The van der Waals surface area contributed by atoms with E-state index < -0.39 is 13.3 Å². The Morgan fingerprint density at radius 1 is 0.833 bits per heavy atom. The molecule has 0 saturated heterocycles. The van der Waals surface area contributed by atoms with Gasteiger partial charge in [0, 0.05) is 0 Å². The summed E-state index contributed by atoms with van der Waals surface area (Å²) in [4.78, 5) is 4.65. The molecule has 0 aliphatic rings. The molecule has 0 N–H and O–H groups in total. The minimum absolute atomic E-state index is 0.466. The van der Waals surface area contributed by atoms with Crippen LogP contribution in [0.15, 0.2) is 71.3 Å². The van der Waals surface area contributed by atoms with Crippen LogP contribution >= 0.6 is 0 Å². The van der Waals surface area contributed by atoms with E-state index in [9.17, 15) is 0 Å². The Morgan fingerprint density at radius 3 is 2.43 bits per heavy atom. The molecule has 0 spiro atoms. The van der Waals surface area contributed by atoms with Crippen LogP contribution in [-0.4, -0.2) is 18.3 Å². The summed E-state index contributed by atoms with van der Waals surface area (Å²) in [5, 5.41) is 4.86. The zero-order valence-corrected chi connectivity index (χ0v) is 20.4. The van der Waals surface area contributed by atoms with Crippen molar-refractivity contribution in [3.05, 3.63) is 72.4 Å². The summed E-state index contributed by atoms with van der Waals surface area (Å²) in [6.45, 7) is 4.42. The van der Waals surface area contributed by atoms with Crippen LogP contribution in [0.4, 0.5) is 0 Å². The molecule has 0 unspecified atom stereocenters. The summed E-state index contributed by atoms with van der Waals surface area (Å²) < 4.78 is 7.97. The van der Waals surface area contributed by atoms with Gasteiger partial charge in [-0.05, 0) is 0 Å². The molecule has 150 valence electrons. The summed E-state index contributed by atoms with van der Waals surface area (Å²) in [6.07, 6.45) is 1.90. The Balaban J connectivity index is 1.75. The summed E-state index contributed by atoms with van der Waals surface area (Å²) >= 11 is -1.87. The van der Waals surface area contributed by atoms with Gasteiger partial charge in [0.15, 0.2) is 0 Å². The van der Waals surface area contributed by atoms with E-state index in [2.05, 4.69) is 96.8 Å². The summed E-state index contributed by atoms with van der Waals surface area (Å²) in [7, 11) is 0. The van der Waals surface area contributed by atoms with E-state index in [1.807, 2.05) is 6.20 Å². The Bertz CT molecular complexity index is 1410. The number of rotatable bonds is 3. The molecule has 2 aromatic heterocycles. The first-order chi connectivity index (χ1) is 14.3. The van der Waals surface area contributed by atoms with Crippen molar-refractivity contribution in [3.63, 3.8) is 0 Å². The van der Waals surface area contributed by atoms with E-state index in [4.69, 9.17) is 4.42 Å². The molecule has 0 radical (unpaired) electrons. The van der Waals surface area contributed by atoms with Crippen LogP contribution < -0.4 is 4.40 Å². The minimum atomic E-state index is -1.87. The third-order valence-corrected chi connectivity index (χ3v) is 10.3. The SMILES string of the molecule is CC(C)c1ccnc(-c2cccc3c2oc2cc4c[c]([Ge]([CH3])([CH3])[CH3])ccc4cc23)c1. The first kappa shape index (κ1) is 19.4.